The highest BCUT2D eigenvalue weighted by atomic mass is 35.5. The van der Waals surface area contributed by atoms with Crippen molar-refractivity contribution in [3.63, 3.8) is 0 Å². The summed E-state index contributed by atoms with van der Waals surface area (Å²) in [5, 5.41) is 7.68. The summed E-state index contributed by atoms with van der Waals surface area (Å²) in [7, 11) is 3.06. The molecule has 8 nitrogen and oxygen atoms in total. The number of methoxy groups -OCH3 is 2. The number of rotatable bonds is 8. The molecule has 0 spiro atoms. The molecule has 0 radical (unpaired) electrons. The number of nitrogens with one attached hydrogen (secondary N) is 1. The Balaban J connectivity index is 1.41. The molecule has 3 aromatic rings. The monoisotopic (exact) mass is 552 g/mol. The predicted molar refractivity (Wildman–Crippen MR) is 136 cm³/mol. The van der Waals surface area contributed by atoms with Gasteiger partial charge in [-0.05, 0) is 49.1 Å². The molecule has 1 aliphatic rings. The topological polar surface area (TPSA) is 85.7 Å². The van der Waals surface area contributed by atoms with Crippen LogP contribution in [-0.2, 0) is 17.5 Å². The summed E-state index contributed by atoms with van der Waals surface area (Å²) in [5.74, 6) is -0.0671. The van der Waals surface area contributed by atoms with E-state index in [1.807, 2.05) is 6.20 Å². The summed E-state index contributed by atoms with van der Waals surface area (Å²) in [6, 6.07) is 6.68. The molecule has 2 aromatic carbocycles. The number of piperidine rings is 1. The lowest BCUT2D eigenvalue weighted by Crippen LogP contribution is -2.39. The van der Waals surface area contributed by atoms with Crippen molar-refractivity contribution >= 4 is 34.3 Å². The van der Waals surface area contributed by atoms with Crippen LogP contribution in [-0.4, -0.2) is 67.0 Å². The van der Waals surface area contributed by atoms with Crippen LogP contribution < -0.4 is 10.1 Å². The molecule has 2 amide bonds. The second kappa shape index (κ2) is 11.6. The van der Waals surface area contributed by atoms with Gasteiger partial charge in [0.1, 0.15) is 5.75 Å². The zero-order valence-electron chi connectivity index (χ0n) is 21.0. The van der Waals surface area contributed by atoms with Gasteiger partial charge in [-0.1, -0.05) is 11.6 Å². The Morgan fingerprint density at radius 2 is 1.89 bits per heavy atom. The summed E-state index contributed by atoms with van der Waals surface area (Å²) in [4.78, 5) is 27.0. The van der Waals surface area contributed by atoms with Gasteiger partial charge in [0.05, 0.1) is 40.8 Å². The fraction of sp³-hybridized carbons (Fsp3) is 0.423. The minimum absolute atomic E-state index is 0.0346. The number of ether oxygens (including phenoxy) is 2. The van der Waals surface area contributed by atoms with Crippen molar-refractivity contribution in [2.75, 3.05) is 40.5 Å². The first-order valence-corrected chi connectivity index (χ1v) is 12.5. The fourth-order valence-corrected chi connectivity index (χ4v) is 4.84. The van der Waals surface area contributed by atoms with Gasteiger partial charge in [-0.3, -0.25) is 14.3 Å². The molecule has 0 saturated carbocycles. The van der Waals surface area contributed by atoms with Crippen molar-refractivity contribution in [3.8, 4) is 5.75 Å². The zero-order chi connectivity index (χ0) is 27.4. The minimum atomic E-state index is -4.63. The van der Waals surface area contributed by atoms with Gasteiger partial charge in [0.25, 0.3) is 11.8 Å². The smallest absolute Gasteiger partial charge is 0.417 e. The summed E-state index contributed by atoms with van der Waals surface area (Å²) in [6.45, 7) is 2.20. The second-order valence-electron chi connectivity index (χ2n) is 9.11. The van der Waals surface area contributed by atoms with Gasteiger partial charge in [0, 0.05) is 45.0 Å². The van der Waals surface area contributed by atoms with Gasteiger partial charge < -0.3 is 19.7 Å². The molecule has 0 unspecified atom stereocenters. The number of likely N-dealkylation sites (tertiary alicyclic amines) is 1. The molecular formula is C26H28ClF3N4O4. The summed E-state index contributed by atoms with van der Waals surface area (Å²) >= 11 is 5.68. The normalized spacial score (nSPS) is 14.6. The number of carbonyl (C=O) groups is 2. The predicted octanol–water partition coefficient (Wildman–Crippen LogP) is 4.65. The lowest BCUT2D eigenvalue weighted by atomic mass is 9.96. The Labute approximate surface area is 222 Å². The maximum atomic E-state index is 13.2. The Morgan fingerprint density at radius 1 is 1.16 bits per heavy atom. The van der Waals surface area contributed by atoms with Crippen molar-refractivity contribution in [3.05, 3.63) is 58.2 Å². The highest BCUT2D eigenvalue weighted by Crippen LogP contribution is 2.35. The molecule has 0 atom stereocenters. The molecule has 1 N–H and O–H groups in total. The first-order chi connectivity index (χ1) is 18.1. The third-order valence-electron chi connectivity index (χ3n) is 6.59. The number of fused-ring (bicyclic) bond motifs is 1. The van der Waals surface area contributed by atoms with Crippen molar-refractivity contribution < 1.29 is 32.2 Å². The summed E-state index contributed by atoms with van der Waals surface area (Å²) < 4.78 is 51.9. The second-order valence-corrected chi connectivity index (χ2v) is 9.51. The number of hydrogen-bond acceptors (Lipinski definition) is 5. The molecule has 2 heterocycles. The molecule has 12 heteroatoms. The van der Waals surface area contributed by atoms with Gasteiger partial charge >= 0.3 is 6.18 Å². The highest BCUT2D eigenvalue weighted by Gasteiger charge is 2.34. The van der Waals surface area contributed by atoms with E-state index in [4.69, 9.17) is 21.1 Å². The van der Waals surface area contributed by atoms with E-state index in [1.54, 1.807) is 28.8 Å². The Morgan fingerprint density at radius 3 is 2.55 bits per heavy atom. The van der Waals surface area contributed by atoms with Crippen LogP contribution in [0.5, 0.6) is 5.75 Å². The summed E-state index contributed by atoms with van der Waals surface area (Å²) in [5.41, 5.74) is 0.0359. The number of halogens is 4. The van der Waals surface area contributed by atoms with Crippen LogP contribution in [0.4, 0.5) is 13.2 Å². The van der Waals surface area contributed by atoms with Crippen LogP contribution in [0.1, 0.15) is 39.1 Å². The maximum Gasteiger partial charge on any atom is 0.417 e. The van der Waals surface area contributed by atoms with Gasteiger partial charge in [-0.15, -0.1) is 0 Å². The molecule has 1 aliphatic heterocycles. The Kier molecular flexibility index (Phi) is 8.47. The number of carbonyl (C=O) groups excluding carboxylic acids is 2. The van der Waals surface area contributed by atoms with Gasteiger partial charge in [-0.2, -0.15) is 18.3 Å². The lowest BCUT2D eigenvalue weighted by molar-refractivity contribution is -0.137. The largest absolute Gasteiger partial charge is 0.495 e. The SMILES string of the molecule is COCCNC(=O)c1ccc2nn(CC3CCN(C(=O)c4ccc(Cl)c(C(F)(F)F)c4)CC3)cc2c1OC. The molecule has 1 saturated heterocycles. The van der Waals surface area contributed by atoms with Crippen LogP contribution >= 0.6 is 11.6 Å². The van der Waals surface area contributed by atoms with Crippen LogP contribution in [0.2, 0.25) is 5.02 Å². The molecule has 38 heavy (non-hydrogen) atoms. The third kappa shape index (κ3) is 6.05. The van der Waals surface area contributed by atoms with Gasteiger partial charge in [0.2, 0.25) is 0 Å². The van der Waals surface area contributed by atoms with E-state index in [2.05, 4.69) is 10.4 Å². The van der Waals surface area contributed by atoms with E-state index in [1.165, 1.54) is 13.2 Å². The summed E-state index contributed by atoms with van der Waals surface area (Å²) in [6.07, 6.45) is -1.45. The van der Waals surface area contributed by atoms with Crippen molar-refractivity contribution in [1.29, 1.82) is 0 Å². The van der Waals surface area contributed by atoms with E-state index >= 15 is 0 Å². The average molecular weight is 553 g/mol. The lowest BCUT2D eigenvalue weighted by Gasteiger charge is -2.32. The first kappa shape index (κ1) is 27.7. The molecule has 1 fully saturated rings. The number of alkyl halides is 3. The third-order valence-corrected chi connectivity index (χ3v) is 6.92. The first-order valence-electron chi connectivity index (χ1n) is 12.1. The van der Waals surface area contributed by atoms with E-state index in [0.29, 0.717) is 67.8 Å². The number of aromatic nitrogens is 2. The standard InChI is InChI=1S/C26H28ClF3N4O4/c1-37-12-9-31-24(35)18-4-6-22-19(23(18)38-2)15-34(32-22)14-16-7-10-33(11-8-16)25(36)17-3-5-21(27)20(13-17)26(28,29)30/h3-6,13,15-16H,7-12,14H2,1-2H3,(H,31,35). The van der Waals surface area contributed by atoms with Crippen LogP contribution in [0.3, 0.4) is 0 Å². The van der Waals surface area contributed by atoms with Crippen LogP contribution in [0.15, 0.2) is 36.5 Å². The van der Waals surface area contributed by atoms with Crippen LogP contribution in [0.25, 0.3) is 10.9 Å². The average Bonchev–Trinajstić information content (AvgIpc) is 3.30. The number of benzene rings is 2. The molecular weight excluding hydrogens is 525 g/mol. The van der Waals surface area contributed by atoms with Crippen molar-refractivity contribution in [2.45, 2.75) is 25.6 Å². The quantitative estimate of drug-likeness (QED) is 0.411. The van der Waals surface area contributed by atoms with E-state index in [-0.39, 0.29) is 17.4 Å². The number of nitrogens with zero attached hydrogens (tertiary/aromatic N) is 3. The Bertz CT molecular complexity index is 1320. The van der Waals surface area contributed by atoms with Crippen LogP contribution in [0, 0.1) is 5.92 Å². The molecule has 4 rings (SSSR count). The van der Waals surface area contributed by atoms with Gasteiger partial charge in [-0.25, -0.2) is 0 Å². The maximum absolute atomic E-state index is 13.2. The number of hydrogen-bond donors (Lipinski definition) is 1. The van der Waals surface area contributed by atoms with E-state index in [9.17, 15) is 22.8 Å². The van der Waals surface area contributed by atoms with Gasteiger partial charge in [0.15, 0.2) is 0 Å². The molecule has 204 valence electrons. The molecule has 0 bridgehead atoms. The van der Waals surface area contributed by atoms with E-state index < -0.39 is 22.7 Å². The van der Waals surface area contributed by atoms with E-state index in [0.717, 1.165) is 12.1 Å². The Hall–Kier alpha value is -3.31. The highest BCUT2D eigenvalue weighted by molar-refractivity contribution is 6.31. The number of amides is 2. The van der Waals surface area contributed by atoms with Crippen molar-refractivity contribution in [2.24, 2.45) is 5.92 Å². The van der Waals surface area contributed by atoms with Crippen molar-refractivity contribution in [1.82, 2.24) is 20.0 Å². The molecule has 1 aromatic heterocycles. The zero-order valence-corrected chi connectivity index (χ0v) is 21.7. The minimum Gasteiger partial charge on any atom is -0.495 e. The fourth-order valence-electron chi connectivity index (χ4n) is 4.61. The molecule has 0 aliphatic carbocycles.